The normalized spacial score (nSPS) is 12.5. The maximum atomic E-state index is 4.50. The van der Waals surface area contributed by atoms with Crippen LogP contribution in [0.5, 0.6) is 0 Å². The van der Waals surface area contributed by atoms with E-state index in [1.165, 1.54) is 5.56 Å². The maximum absolute atomic E-state index is 4.50. The van der Waals surface area contributed by atoms with E-state index in [4.69, 9.17) is 0 Å². The molecule has 0 fully saturated rings. The highest BCUT2D eigenvalue weighted by Crippen LogP contribution is 2.22. The summed E-state index contributed by atoms with van der Waals surface area (Å²) in [6.07, 6.45) is 5.45. The highest BCUT2D eigenvalue weighted by Gasteiger charge is 2.18. The number of aromatic nitrogens is 3. The van der Waals surface area contributed by atoms with E-state index in [2.05, 4.69) is 57.1 Å². The maximum Gasteiger partial charge on any atom is 0.0922 e. The van der Waals surface area contributed by atoms with Crippen molar-refractivity contribution in [2.24, 2.45) is 0 Å². The fourth-order valence-electron chi connectivity index (χ4n) is 2.55. The van der Waals surface area contributed by atoms with Gasteiger partial charge in [0.15, 0.2) is 0 Å². The van der Waals surface area contributed by atoms with Crippen LogP contribution in [0.2, 0.25) is 0 Å². The second-order valence-electron chi connectivity index (χ2n) is 5.40. The molecule has 1 unspecified atom stereocenters. The molecule has 2 heterocycles. The van der Waals surface area contributed by atoms with Crippen LogP contribution < -0.4 is 0 Å². The zero-order valence-corrected chi connectivity index (χ0v) is 12.7. The lowest BCUT2D eigenvalue weighted by atomic mass is 10.1. The van der Waals surface area contributed by atoms with Crippen LogP contribution in [-0.2, 0) is 13.1 Å². The molecular formula is C18H20N4. The van der Waals surface area contributed by atoms with E-state index in [9.17, 15) is 0 Å². The van der Waals surface area contributed by atoms with Gasteiger partial charge in [0, 0.05) is 37.2 Å². The molecule has 0 aliphatic rings. The highest BCUT2D eigenvalue weighted by atomic mass is 15.2. The Labute approximate surface area is 130 Å². The molecule has 4 heteroatoms. The summed E-state index contributed by atoms with van der Waals surface area (Å²) in [6.45, 7) is 3.88. The minimum Gasteiger partial charge on any atom is -0.347 e. The van der Waals surface area contributed by atoms with E-state index in [1.54, 1.807) is 6.33 Å². The van der Waals surface area contributed by atoms with Gasteiger partial charge in [0.1, 0.15) is 0 Å². The van der Waals surface area contributed by atoms with Gasteiger partial charge in [-0.25, -0.2) is 4.98 Å². The standard InChI is InChI=1S/C18H20N4/c1-15(18-9-5-6-10-20-18)22(13-17-11-19-14-21-17)12-16-7-3-2-4-8-16/h2-11,14-15H,12-13H2,1H3,(H,19,21). The van der Waals surface area contributed by atoms with E-state index in [0.717, 1.165) is 24.5 Å². The first kappa shape index (κ1) is 14.5. The minimum atomic E-state index is 0.227. The van der Waals surface area contributed by atoms with Crippen molar-refractivity contribution >= 4 is 0 Å². The van der Waals surface area contributed by atoms with Crippen molar-refractivity contribution in [1.29, 1.82) is 0 Å². The Balaban J connectivity index is 1.82. The van der Waals surface area contributed by atoms with Gasteiger partial charge in [-0.05, 0) is 24.6 Å². The number of aromatic amines is 1. The number of nitrogens with one attached hydrogen (secondary N) is 1. The van der Waals surface area contributed by atoms with Crippen LogP contribution in [0.4, 0.5) is 0 Å². The molecule has 2 aromatic heterocycles. The van der Waals surface area contributed by atoms with Crippen LogP contribution >= 0.6 is 0 Å². The number of rotatable bonds is 6. The quantitative estimate of drug-likeness (QED) is 0.755. The summed E-state index contributed by atoms with van der Waals surface area (Å²) in [4.78, 5) is 14.2. The SMILES string of the molecule is CC(c1ccccn1)N(Cc1ccccc1)Cc1cnc[nH]1. The Morgan fingerprint density at radius 3 is 2.55 bits per heavy atom. The fraction of sp³-hybridized carbons (Fsp3) is 0.222. The van der Waals surface area contributed by atoms with Crippen LogP contribution in [0.15, 0.2) is 67.3 Å². The number of hydrogen-bond acceptors (Lipinski definition) is 3. The van der Waals surface area contributed by atoms with Crippen molar-refractivity contribution in [3.63, 3.8) is 0 Å². The molecule has 0 amide bonds. The molecule has 0 aliphatic heterocycles. The molecule has 0 spiro atoms. The summed E-state index contributed by atoms with van der Waals surface area (Å²) in [6, 6.07) is 16.8. The van der Waals surface area contributed by atoms with Gasteiger partial charge in [-0.15, -0.1) is 0 Å². The Kier molecular flexibility index (Phi) is 4.61. The molecule has 1 N–H and O–H groups in total. The van der Waals surface area contributed by atoms with E-state index in [-0.39, 0.29) is 6.04 Å². The second-order valence-corrected chi connectivity index (χ2v) is 5.40. The number of imidazole rings is 1. The summed E-state index contributed by atoms with van der Waals surface area (Å²) in [5.41, 5.74) is 3.49. The summed E-state index contributed by atoms with van der Waals surface area (Å²) < 4.78 is 0. The Morgan fingerprint density at radius 2 is 1.86 bits per heavy atom. The third-order valence-electron chi connectivity index (χ3n) is 3.82. The molecule has 0 saturated carbocycles. The van der Waals surface area contributed by atoms with Crippen molar-refractivity contribution in [1.82, 2.24) is 19.9 Å². The van der Waals surface area contributed by atoms with E-state index >= 15 is 0 Å². The van der Waals surface area contributed by atoms with Crippen LogP contribution in [0.25, 0.3) is 0 Å². The van der Waals surface area contributed by atoms with Gasteiger partial charge in [-0.1, -0.05) is 36.4 Å². The Bertz CT molecular complexity index is 665. The second kappa shape index (κ2) is 7.00. The van der Waals surface area contributed by atoms with Crippen molar-refractivity contribution < 1.29 is 0 Å². The zero-order valence-electron chi connectivity index (χ0n) is 12.7. The smallest absolute Gasteiger partial charge is 0.0922 e. The van der Waals surface area contributed by atoms with Gasteiger partial charge in [0.25, 0.3) is 0 Å². The van der Waals surface area contributed by atoms with E-state index in [1.807, 2.05) is 30.6 Å². The van der Waals surface area contributed by atoms with Crippen LogP contribution in [0.1, 0.15) is 29.9 Å². The number of benzene rings is 1. The predicted octanol–water partition coefficient (Wildman–Crippen LogP) is 3.57. The number of pyridine rings is 1. The fourth-order valence-corrected chi connectivity index (χ4v) is 2.55. The van der Waals surface area contributed by atoms with Gasteiger partial charge in [-0.3, -0.25) is 9.88 Å². The Morgan fingerprint density at radius 1 is 1.05 bits per heavy atom. The molecule has 0 aliphatic carbocycles. The summed E-state index contributed by atoms with van der Waals surface area (Å²) in [5.74, 6) is 0. The summed E-state index contributed by atoms with van der Waals surface area (Å²) >= 11 is 0. The highest BCUT2D eigenvalue weighted by molar-refractivity contribution is 5.16. The summed E-state index contributed by atoms with van der Waals surface area (Å²) in [5, 5.41) is 0. The molecule has 3 aromatic rings. The van der Waals surface area contributed by atoms with Crippen molar-refractivity contribution in [2.75, 3.05) is 0 Å². The van der Waals surface area contributed by atoms with Gasteiger partial charge in [0.2, 0.25) is 0 Å². The molecule has 22 heavy (non-hydrogen) atoms. The van der Waals surface area contributed by atoms with E-state index < -0.39 is 0 Å². The Hall–Kier alpha value is -2.46. The third-order valence-corrected chi connectivity index (χ3v) is 3.82. The molecule has 112 valence electrons. The van der Waals surface area contributed by atoms with Gasteiger partial charge < -0.3 is 4.98 Å². The average Bonchev–Trinajstić information content (AvgIpc) is 3.08. The minimum absolute atomic E-state index is 0.227. The molecule has 1 aromatic carbocycles. The van der Waals surface area contributed by atoms with Crippen molar-refractivity contribution in [3.8, 4) is 0 Å². The number of H-pyrrole nitrogens is 1. The average molecular weight is 292 g/mol. The monoisotopic (exact) mass is 292 g/mol. The largest absolute Gasteiger partial charge is 0.347 e. The molecule has 0 bridgehead atoms. The van der Waals surface area contributed by atoms with Crippen molar-refractivity contribution in [3.05, 3.63) is 84.2 Å². The number of hydrogen-bond donors (Lipinski definition) is 1. The first-order chi connectivity index (χ1) is 10.8. The molecule has 4 nitrogen and oxygen atoms in total. The third kappa shape index (κ3) is 3.59. The number of nitrogens with zero attached hydrogens (tertiary/aromatic N) is 3. The summed E-state index contributed by atoms with van der Waals surface area (Å²) in [7, 11) is 0. The lowest BCUT2D eigenvalue weighted by Crippen LogP contribution is -2.27. The predicted molar refractivity (Wildman–Crippen MR) is 86.9 cm³/mol. The van der Waals surface area contributed by atoms with Gasteiger partial charge >= 0.3 is 0 Å². The molecule has 3 rings (SSSR count). The van der Waals surface area contributed by atoms with Crippen LogP contribution in [0, 0.1) is 0 Å². The van der Waals surface area contributed by atoms with Gasteiger partial charge in [0.05, 0.1) is 12.0 Å². The van der Waals surface area contributed by atoms with Crippen molar-refractivity contribution in [2.45, 2.75) is 26.1 Å². The first-order valence-corrected chi connectivity index (χ1v) is 7.49. The lowest BCUT2D eigenvalue weighted by Gasteiger charge is -2.28. The zero-order chi connectivity index (χ0) is 15.2. The first-order valence-electron chi connectivity index (χ1n) is 7.49. The topological polar surface area (TPSA) is 44.8 Å². The molecule has 0 saturated heterocycles. The van der Waals surface area contributed by atoms with Crippen LogP contribution in [0.3, 0.4) is 0 Å². The molecule has 0 radical (unpaired) electrons. The molecular weight excluding hydrogens is 272 g/mol. The van der Waals surface area contributed by atoms with E-state index in [0.29, 0.717) is 0 Å². The lowest BCUT2D eigenvalue weighted by molar-refractivity contribution is 0.186. The van der Waals surface area contributed by atoms with Crippen LogP contribution in [-0.4, -0.2) is 19.9 Å². The molecule has 1 atom stereocenters. The van der Waals surface area contributed by atoms with Gasteiger partial charge in [-0.2, -0.15) is 0 Å².